The molecule has 0 aromatic rings. The van der Waals surface area contributed by atoms with Crippen LogP contribution < -0.4 is 0 Å². The molecule has 0 atom stereocenters. The number of fused-ring (bicyclic) bond motifs is 1. The average Bonchev–Trinajstić information content (AvgIpc) is 2.78. The lowest BCUT2D eigenvalue weighted by Gasteiger charge is -2.10. The van der Waals surface area contributed by atoms with Crippen molar-refractivity contribution in [1.82, 2.24) is 0 Å². The van der Waals surface area contributed by atoms with Crippen molar-refractivity contribution in [2.75, 3.05) is 5.88 Å². The van der Waals surface area contributed by atoms with E-state index in [1.807, 2.05) is 6.08 Å². The third-order valence-electron chi connectivity index (χ3n) is 2.73. The molecule has 0 amide bonds. The molecule has 3 nitrogen and oxygen atoms in total. The van der Waals surface area contributed by atoms with E-state index in [1.165, 1.54) is 0 Å². The maximum absolute atomic E-state index is 11.9. The van der Waals surface area contributed by atoms with Gasteiger partial charge in [0.25, 0.3) is 0 Å². The van der Waals surface area contributed by atoms with Gasteiger partial charge in [0.15, 0.2) is 5.78 Å². The summed E-state index contributed by atoms with van der Waals surface area (Å²) in [5.74, 6) is 0.532. The zero-order chi connectivity index (χ0) is 12.3. The molecule has 0 aromatic heterocycles. The van der Waals surface area contributed by atoms with Crippen LogP contribution in [0, 0.1) is 11.3 Å². The van der Waals surface area contributed by atoms with Gasteiger partial charge >= 0.3 is 0 Å². The Morgan fingerprint density at radius 3 is 3.12 bits per heavy atom. The van der Waals surface area contributed by atoms with Crippen LogP contribution >= 0.6 is 11.6 Å². The summed E-state index contributed by atoms with van der Waals surface area (Å²) < 4.78 is 0. The first-order valence-corrected chi connectivity index (χ1v) is 5.98. The van der Waals surface area contributed by atoms with Crippen molar-refractivity contribution >= 4 is 23.1 Å². The van der Waals surface area contributed by atoms with E-state index in [1.54, 1.807) is 12.3 Å². The van der Waals surface area contributed by atoms with Gasteiger partial charge in [-0.25, -0.2) is 0 Å². The summed E-state index contributed by atoms with van der Waals surface area (Å²) in [7, 11) is 0. The molecule has 1 heterocycles. The Morgan fingerprint density at radius 2 is 2.41 bits per heavy atom. The van der Waals surface area contributed by atoms with Crippen molar-refractivity contribution in [1.29, 1.82) is 5.26 Å². The Bertz CT molecular complexity index is 518. The number of aliphatic imine (C=N–C) groups is 1. The zero-order valence-electron chi connectivity index (χ0n) is 9.24. The maximum Gasteiger partial charge on any atom is 0.165 e. The largest absolute Gasteiger partial charge is 0.294 e. The van der Waals surface area contributed by atoms with E-state index in [9.17, 15) is 4.79 Å². The molecule has 0 aromatic carbocycles. The first kappa shape index (κ1) is 11.8. The summed E-state index contributed by atoms with van der Waals surface area (Å²) in [4.78, 5) is 16.1. The Balaban J connectivity index is 2.18. The Hall–Kier alpha value is -1.66. The lowest BCUT2D eigenvalue weighted by molar-refractivity contribution is -0.115. The SMILES string of the molecule is N#CC1=CCC2=NC=C(C(=O)CCCCl)C2=C1. The smallest absolute Gasteiger partial charge is 0.165 e. The van der Waals surface area contributed by atoms with Gasteiger partial charge in [0.05, 0.1) is 11.8 Å². The van der Waals surface area contributed by atoms with E-state index in [0.717, 1.165) is 11.3 Å². The fraction of sp³-hybridized carbons (Fsp3) is 0.308. The van der Waals surface area contributed by atoms with Crippen LogP contribution in [0.1, 0.15) is 19.3 Å². The molecule has 0 spiro atoms. The van der Waals surface area contributed by atoms with E-state index in [0.29, 0.717) is 36.3 Å². The van der Waals surface area contributed by atoms with Crippen LogP contribution in [0.2, 0.25) is 0 Å². The third kappa shape index (κ3) is 2.37. The number of hydrogen-bond acceptors (Lipinski definition) is 3. The zero-order valence-corrected chi connectivity index (χ0v) is 10.00. The summed E-state index contributed by atoms with van der Waals surface area (Å²) in [5, 5.41) is 8.85. The predicted octanol–water partition coefficient (Wildman–Crippen LogP) is 2.69. The topological polar surface area (TPSA) is 53.2 Å². The number of carbonyl (C=O) groups is 1. The monoisotopic (exact) mass is 246 g/mol. The first-order valence-electron chi connectivity index (χ1n) is 5.45. The molecule has 2 rings (SSSR count). The molecule has 1 aliphatic heterocycles. The van der Waals surface area contributed by atoms with E-state index in [-0.39, 0.29) is 5.78 Å². The molecule has 17 heavy (non-hydrogen) atoms. The van der Waals surface area contributed by atoms with Crippen molar-refractivity contribution in [3.05, 3.63) is 35.1 Å². The van der Waals surface area contributed by atoms with Crippen molar-refractivity contribution in [3.8, 4) is 6.07 Å². The Kier molecular flexibility index (Phi) is 3.55. The average molecular weight is 247 g/mol. The molecule has 1 aliphatic carbocycles. The highest BCUT2D eigenvalue weighted by Crippen LogP contribution is 2.28. The van der Waals surface area contributed by atoms with Gasteiger partial charge < -0.3 is 0 Å². The number of carbonyl (C=O) groups excluding carboxylic acids is 1. The predicted molar refractivity (Wildman–Crippen MR) is 66.9 cm³/mol. The summed E-state index contributed by atoms with van der Waals surface area (Å²) in [6.07, 6.45) is 6.88. The third-order valence-corrected chi connectivity index (χ3v) is 3.00. The van der Waals surface area contributed by atoms with E-state index in [4.69, 9.17) is 16.9 Å². The fourth-order valence-electron chi connectivity index (χ4n) is 1.84. The number of alkyl halides is 1. The minimum atomic E-state index is 0.0508. The Morgan fingerprint density at radius 1 is 1.59 bits per heavy atom. The van der Waals surface area contributed by atoms with Crippen LogP contribution in [0.15, 0.2) is 40.1 Å². The highest BCUT2D eigenvalue weighted by molar-refractivity contribution is 6.19. The van der Waals surface area contributed by atoms with Crippen molar-refractivity contribution < 1.29 is 4.79 Å². The number of hydrogen-bond donors (Lipinski definition) is 0. The number of nitriles is 1. The minimum absolute atomic E-state index is 0.0508. The maximum atomic E-state index is 11.9. The van der Waals surface area contributed by atoms with Gasteiger partial charge in [-0.05, 0) is 12.5 Å². The van der Waals surface area contributed by atoms with Crippen LogP contribution in [0.25, 0.3) is 0 Å². The second kappa shape index (κ2) is 5.11. The molecule has 0 saturated heterocycles. The van der Waals surface area contributed by atoms with Crippen LogP contribution in [0.3, 0.4) is 0 Å². The number of halogens is 1. The van der Waals surface area contributed by atoms with Crippen LogP contribution in [0.4, 0.5) is 0 Å². The fourth-order valence-corrected chi connectivity index (χ4v) is 1.98. The number of ketones is 1. The Labute approximate surface area is 105 Å². The van der Waals surface area contributed by atoms with Crippen LogP contribution in [-0.2, 0) is 4.79 Å². The number of rotatable bonds is 4. The molecule has 0 unspecified atom stereocenters. The molecule has 86 valence electrons. The molecule has 0 bridgehead atoms. The lowest BCUT2D eigenvalue weighted by atomic mass is 9.91. The standard InChI is InChI=1S/C13H11ClN2O/c14-5-1-2-13(17)11-8-16-12-4-3-9(7-15)6-10(11)12/h3,6,8H,1-2,4-5H2. The molecular formula is C13H11ClN2O. The molecule has 4 heteroatoms. The second-order valence-corrected chi connectivity index (χ2v) is 4.25. The van der Waals surface area contributed by atoms with E-state index >= 15 is 0 Å². The van der Waals surface area contributed by atoms with Gasteiger partial charge in [0.1, 0.15) is 0 Å². The van der Waals surface area contributed by atoms with Crippen molar-refractivity contribution in [2.45, 2.75) is 19.3 Å². The lowest BCUT2D eigenvalue weighted by Crippen LogP contribution is -2.11. The van der Waals surface area contributed by atoms with Gasteiger partial charge in [0, 0.05) is 41.6 Å². The summed E-state index contributed by atoms with van der Waals surface area (Å²) in [6.45, 7) is 0. The highest BCUT2D eigenvalue weighted by Gasteiger charge is 2.24. The van der Waals surface area contributed by atoms with E-state index < -0.39 is 0 Å². The molecule has 0 N–H and O–H groups in total. The van der Waals surface area contributed by atoms with Gasteiger partial charge in [-0.2, -0.15) is 5.26 Å². The van der Waals surface area contributed by atoms with Gasteiger partial charge in [-0.1, -0.05) is 6.08 Å². The minimum Gasteiger partial charge on any atom is -0.294 e. The first-order chi connectivity index (χ1) is 8.26. The summed E-state index contributed by atoms with van der Waals surface area (Å²) in [6, 6.07) is 2.09. The van der Waals surface area contributed by atoms with Crippen molar-refractivity contribution in [3.63, 3.8) is 0 Å². The van der Waals surface area contributed by atoms with Crippen LogP contribution in [0.5, 0.6) is 0 Å². The molecule has 0 saturated carbocycles. The number of Topliss-reactive ketones (excluding diaryl/α,β-unsaturated/α-hetero) is 1. The molecule has 2 aliphatic rings. The number of allylic oxidation sites excluding steroid dienone is 5. The normalized spacial score (nSPS) is 17.4. The summed E-state index contributed by atoms with van der Waals surface area (Å²) >= 11 is 5.57. The molecular weight excluding hydrogens is 236 g/mol. The molecule has 0 radical (unpaired) electrons. The van der Waals surface area contributed by atoms with Crippen LogP contribution in [-0.4, -0.2) is 17.4 Å². The number of nitrogens with zero attached hydrogens (tertiary/aromatic N) is 2. The van der Waals surface area contributed by atoms with Crippen molar-refractivity contribution in [2.24, 2.45) is 4.99 Å². The summed E-state index contributed by atoms with van der Waals surface area (Å²) in [5.41, 5.74) is 2.89. The highest BCUT2D eigenvalue weighted by atomic mass is 35.5. The van der Waals surface area contributed by atoms with Gasteiger partial charge in [0.2, 0.25) is 0 Å². The van der Waals surface area contributed by atoms with Gasteiger partial charge in [-0.3, -0.25) is 9.79 Å². The van der Waals surface area contributed by atoms with Gasteiger partial charge in [-0.15, -0.1) is 11.6 Å². The second-order valence-electron chi connectivity index (χ2n) is 3.87. The van der Waals surface area contributed by atoms with E-state index in [2.05, 4.69) is 11.1 Å². The quantitative estimate of drug-likeness (QED) is 0.716. The molecule has 0 fully saturated rings.